The van der Waals surface area contributed by atoms with E-state index in [1.54, 1.807) is 0 Å². The molecule has 0 bridgehead atoms. The van der Waals surface area contributed by atoms with Crippen LogP contribution in [0.25, 0.3) is 0 Å². The van der Waals surface area contributed by atoms with Crippen LogP contribution in [-0.2, 0) is 0 Å². The third kappa shape index (κ3) is 4.13. The van der Waals surface area contributed by atoms with E-state index in [1.165, 1.54) is 6.42 Å². The Hall–Kier alpha value is -0.0400. The molecule has 0 amide bonds. The largest absolute Gasteiger partial charge is 0.393 e. The molecule has 0 radical (unpaired) electrons. The van der Waals surface area contributed by atoms with Crippen LogP contribution in [0.5, 0.6) is 0 Å². The summed E-state index contributed by atoms with van der Waals surface area (Å²) in [5.41, 5.74) is 0. The van der Waals surface area contributed by atoms with Gasteiger partial charge in [-0.3, -0.25) is 0 Å². The fraction of sp³-hybridized carbons (Fsp3) is 1.00. The summed E-state index contributed by atoms with van der Waals surface area (Å²) in [7, 11) is 0. The lowest BCUT2D eigenvalue weighted by atomic mass is 10.0. The first-order valence-corrected chi connectivity index (χ1v) is 3.34. The van der Waals surface area contributed by atoms with Gasteiger partial charge in [-0.2, -0.15) is 0 Å². The average molecular weight is 116 g/mol. The summed E-state index contributed by atoms with van der Waals surface area (Å²) in [5.74, 6) is 0.676. The van der Waals surface area contributed by atoms with E-state index in [0.717, 1.165) is 6.42 Å². The Morgan fingerprint density at radius 2 is 1.88 bits per heavy atom. The summed E-state index contributed by atoms with van der Waals surface area (Å²) in [6, 6.07) is 0. The molecule has 0 saturated heterocycles. The zero-order valence-corrected chi connectivity index (χ0v) is 6.02. The van der Waals surface area contributed by atoms with E-state index in [4.69, 9.17) is 5.11 Å². The molecule has 0 aromatic heterocycles. The highest BCUT2D eigenvalue weighted by Gasteiger charge is 2.01. The minimum atomic E-state index is -0.120. The van der Waals surface area contributed by atoms with Crippen molar-refractivity contribution < 1.29 is 5.11 Å². The van der Waals surface area contributed by atoms with Crippen LogP contribution < -0.4 is 0 Å². The standard InChI is InChI=1S/C7H16O/c1-4-6(2)5-7(3)8/h6-8H,4-5H2,1-3H3/t6?,7-/m1/s1. The van der Waals surface area contributed by atoms with Crippen LogP contribution in [0.4, 0.5) is 0 Å². The second kappa shape index (κ2) is 3.90. The minimum absolute atomic E-state index is 0.120. The first kappa shape index (κ1) is 7.96. The lowest BCUT2D eigenvalue weighted by Crippen LogP contribution is -2.05. The summed E-state index contributed by atoms with van der Waals surface area (Å²) in [6.45, 7) is 6.14. The van der Waals surface area contributed by atoms with Crippen LogP contribution in [0.15, 0.2) is 0 Å². The smallest absolute Gasteiger partial charge is 0.0514 e. The highest BCUT2D eigenvalue weighted by molar-refractivity contribution is 4.53. The van der Waals surface area contributed by atoms with E-state index >= 15 is 0 Å². The second-order valence-electron chi connectivity index (χ2n) is 2.60. The van der Waals surface area contributed by atoms with Gasteiger partial charge >= 0.3 is 0 Å². The Balaban J connectivity index is 3.10. The Bertz CT molecular complexity index is 50.3. The topological polar surface area (TPSA) is 20.2 Å². The van der Waals surface area contributed by atoms with Gasteiger partial charge in [-0.05, 0) is 19.3 Å². The Labute approximate surface area is 51.7 Å². The monoisotopic (exact) mass is 116 g/mol. The zero-order valence-electron chi connectivity index (χ0n) is 6.02. The lowest BCUT2D eigenvalue weighted by Gasteiger charge is -2.08. The molecule has 8 heavy (non-hydrogen) atoms. The molecule has 0 aromatic rings. The third-order valence-electron chi connectivity index (χ3n) is 1.44. The van der Waals surface area contributed by atoms with E-state index < -0.39 is 0 Å². The van der Waals surface area contributed by atoms with Crippen molar-refractivity contribution in [3.05, 3.63) is 0 Å². The molecule has 0 aliphatic heterocycles. The third-order valence-corrected chi connectivity index (χ3v) is 1.44. The van der Waals surface area contributed by atoms with Gasteiger partial charge in [-0.15, -0.1) is 0 Å². The molecule has 50 valence electrons. The van der Waals surface area contributed by atoms with Crippen LogP contribution in [0.3, 0.4) is 0 Å². The molecule has 0 spiro atoms. The molecular weight excluding hydrogens is 100 g/mol. The minimum Gasteiger partial charge on any atom is -0.393 e. The van der Waals surface area contributed by atoms with E-state index in [2.05, 4.69) is 13.8 Å². The van der Waals surface area contributed by atoms with Crippen molar-refractivity contribution in [2.45, 2.75) is 39.7 Å². The van der Waals surface area contributed by atoms with Crippen molar-refractivity contribution in [3.8, 4) is 0 Å². The van der Waals surface area contributed by atoms with Crippen LogP contribution in [0.2, 0.25) is 0 Å². The highest BCUT2D eigenvalue weighted by Crippen LogP contribution is 2.08. The first-order chi connectivity index (χ1) is 3.66. The molecule has 0 fully saturated rings. The van der Waals surface area contributed by atoms with Gasteiger partial charge in [0.1, 0.15) is 0 Å². The van der Waals surface area contributed by atoms with Crippen LogP contribution in [0, 0.1) is 5.92 Å². The van der Waals surface area contributed by atoms with Crippen molar-refractivity contribution in [1.29, 1.82) is 0 Å². The number of hydrogen-bond acceptors (Lipinski definition) is 1. The summed E-state index contributed by atoms with van der Waals surface area (Å²) in [6.07, 6.45) is 1.99. The summed E-state index contributed by atoms with van der Waals surface area (Å²) >= 11 is 0. The molecule has 1 nitrogen and oxygen atoms in total. The maximum atomic E-state index is 8.85. The maximum absolute atomic E-state index is 8.85. The Morgan fingerprint density at radius 1 is 1.38 bits per heavy atom. The van der Waals surface area contributed by atoms with Crippen molar-refractivity contribution >= 4 is 0 Å². The molecule has 1 N–H and O–H groups in total. The summed E-state index contributed by atoms with van der Waals surface area (Å²) in [5, 5.41) is 8.85. The van der Waals surface area contributed by atoms with Crippen LogP contribution in [-0.4, -0.2) is 11.2 Å². The molecular formula is C7H16O. The SMILES string of the molecule is CCC(C)C[C@@H](C)O. The zero-order chi connectivity index (χ0) is 6.57. The van der Waals surface area contributed by atoms with E-state index in [9.17, 15) is 0 Å². The lowest BCUT2D eigenvalue weighted by molar-refractivity contribution is 0.163. The average Bonchev–Trinajstić information content (AvgIpc) is 1.65. The van der Waals surface area contributed by atoms with Crippen LogP contribution in [0.1, 0.15) is 33.6 Å². The Morgan fingerprint density at radius 3 is 2.00 bits per heavy atom. The predicted octanol–water partition coefficient (Wildman–Crippen LogP) is 1.80. The van der Waals surface area contributed by atoms with E-state index in [-0.39, 0.29) is 6.10 Å². The van der Waals surface area contributed by atoms with Gasteiger partial charge < -0.3 is 5.11 Å². The van der Waals surface area contributed by atoms with Crippen molar-refractivity contribution in [2.75, 3.05) is 0 Å². The number of rotatable bonds is 3. The van der Waals surface area contributed by atoms with Gasteiger partial charge in [0, 0.05) is 0 Å². The predicted molar refractivity (Wildman–Crippen MR) is 35.8 cm³/mol. The van der Waals surface area contributed by atoms with Crippen molar-refractivity contribution in [3.63, 3.8) is 0 Å². The van der Waals surface area contributed by atoms with Gasteiger partial charge in [0.05, 0.1) is 6.10 Å². The number of hydrogen-bond donors (Lipinski definition) is 1. The Kier molecular flexibility index (Phi) is 3.88. The maximum Gasteiger partial charge on any atom is 0.0514 e. The number of aliphatic hydroxyl groups is 1. The van der Waals surface area contributed by atoms with Gasteiger partial charge in [0.2, 0.25) is 0 Å². The van der Waals surface area contributed by atoms with Gasteiger partial charge in [0.25, 0.3) is 0 Å². The first-order valence-electron chi connectivity index (χ1n) is 3.34. The normalized spacial score (nSPS) is 18.0. The molecule has 0 aliphatic carbocycles. The summed E-state index contributed by atoms with van der Waals surface area (Å²) in [4.78, 5) is 0. The molecule has 0 rings (SSSR count). The van der Waals surface area contributed by atoms with Gasteiger partial charge in [0.15, 0.2) is 0 Å². The van der Waals surface area contributed by atoms with E-state index in [0.29, 0.717) is 5.92 Å². The van der Waals surface area contributed by atoms with Gasteiger partial charge in [-0.1, -0.05) is 20.3 Å². The quantitative estimate of drug-likeness (QED) is 0.596. The fourth-order valence-corrected chi connectivity index (χ4v) is 0.749. The highest BCUT2D eigenvalue weighted by atomic mass is 16.3. The van der Waals surface area contributed by atoms with E-state index in [1.807, 2.05) is 6.92 Å². The molecule has 1 unspecified atom stereocenters. The van der Waals surface area contributed by atoms with Gasteiger partial charge in [-0.25, -0.2) is 0 Å². The molecule has 2 atom stereocenters. The molecule has 0 heterocycles. The molecule has 0 aliphatic rings. The second-order valence-corrected chi connectivity index (χ2v) is 2.60. The number of aliphatic hydroxyl groups excluding tert-OH is 1. The van der Waals surface area contributed by atoms with Crippen LogP contribution >= 0.6 is 0 Å². The van der Waals surface area contributed by atoms with Crippen molar-refractivity contribution in [2.24, 2.45) is 5.92 Å². The fourth-order valence-electron chi connectivity index (χ4n) is 0.749. The van der Waals surface area contributed by atoms with Crippen molar-refractivity contribution in [1.82, 2.24) is 0 Å². The summed E-state index contributed by atoms with van der Waals surface area (Å²) < 4.78 is 0. The molecule has 1 heteroatoms. The molecule has 0 aromatic carbocycles. The molecule has 0 saturated carbocycles.